The second-order valence-electron chi connectivity index (χ2n) is 2.38. The molecule has 66 valence electrons. The average Bonchev–Trinajstić information content (AvgIpc) is 2.52. The fraction of sp³-hybridized carbons (Fsp3) is 0.167. The minimum absolute atomic E-state index is 0.665. The van der Waals surface area contributed by atoms with Gasteiger partial charge in [-0.25, -0.2) is 9.97 Å². The highest BCUT2D eigenvalue weighted by Gasteiger charge is 2.09. The standard InChI is InChI=1S/C6H5IN6/c1-4-5(2-8-3-9-4)6-10-11-12-13(6)7/h2-3H,1H3. The number of aromatic nitrogens is 6. The molecule has 0 saturated carbocycles. The van der Waals surface area contributed by atoms with Crippen molar-refractivity contribution in [3.8, 4) is 11.4 Å². The van der Waals surface area contributed by atoms with Crippen molar-refractivity contribution in [2.75, 3.05) is 0 Å². The Morgan fingerprint density at radius 3 is 2.92 bits per heavy atom. The molecule has 0 unspecified atom stereocenters. The Bertz CT molecular complexity index is 425. The Labute approximate surface area is 87.9 Å². The van der Waals surface area contributed by atoms with Gasteiger partial charge in [0.1, 0.15) is 6.33 Å². The number of tetrazole rings is 1. The lowest BCUT2D eigenvalue weighted by Crippen LogP contribution is -1.93. The lowest BCUT2D eigenvalue weighted by atomic mass is 10.2. The average molecular weight is 288 g/mol. The first-order valence-electron chi connectivity index (χ1n) is 3.50. The molecule has 0 aromatic carbocycles. The summed E-state index contributed by atoms with van der Waals surface area (Å²) in [5.74, 6) is 0.665. The zero-order chi connectivity index (χ0) is 9.26. The van der Waals surface area contributed by atoms with Gasteiger partial charge < -0.3 is 0 Å². The molecule has 7 heteroatoms. The Balaban J connectivity index is 2.59. The molecule has 0 fully saturated rings. The smallest absolute Gasteiger partial charge is 0.195 e. The van der Waals surface area contributed by atoms with Crippen LogP contribution in [-0.2, 0) is 0 Å². The third-order valence-electron chi connectivity index (χ3n) is 1.59. The summed E-state index contributed by atoms with van der Waals surface area (Å²) >= 11 is 2.00. The van der Waals surface area contributed by atoms with E-state index in [0.29, 0.717) is 5.82 Å². The van der Waals surface area contributed by atoms with E-state index in [1.54, 1.807) is 9.09 Å². The van der Waals surface area contributed by atoms with E-state index in [-0.39, 0.29) is 0 Å². The molecule has 6 nitrogen and oxygen atoms in total. The summed E-state index contributed by atoms with van der Waals surface area (Å²) < 4.78 is 1.56. The van der Waals surface area contributed by atoms with Crippen molar-refractivity contribution in [3.05, 3.63) is 18.2 Å². The molecule has 13 heavy (non-hydrogen) atoms. The molecule has 0 atom stereocenters. The van der Waals surface area contributed by atoms with E-state index in [9.17, 15) is 0 Å². The topological polar surface area (TPSA) is 69.4 Å². The maximum absolute atomic E-state index is 4.05. The fourth-order valence-corrected chi connectivity index (χ4v) is 1.38. The van der Waals surface area contributed by atoms with Crippen LogP contribution in [0.2, 0.25) is 0 Å². The summed E-state index contributed by atoms with van der Waals surface area (Å²) in [4.78, 5) is 7.97. The SMILES string of the molecule is Cc1ncncc1-c1nnnn1I. The molecule has 0 aliphatic carbocycles. The van der Waals surface area contributed by atoms with Gasteiger partial charge in [-0.2, -0.15) is 2.90 Å². The number of halogens is 1. The molecule has 2 aromatic heterocycles. The highest BCUT2D eigenvalue weighted by molar-refractivity contribution is 14.1. The van der Waals surface area contributed by atoms with E-state index in [2.05, 4.69) is 25.5 Å². The lowest BCUT2D eigenvalue weighted by molar-refractivity contribution is 0.870. The summed E-state index contributed by atoms with van der Waals surface area (Å²) in [6.07, 6.45) is 3.20. The first-order chi connectivity index (χ1) is 6.29. The Hall–Kier alpha value is -1.12. The molecule has 2 aromatic rings. The molecule has 0 bridgehead atoms. The van der Waals surface area contributed by atoms with Crippen molar-refractivity contribution in [1.82, 2.24) is 28.4 Å². The number of nitrogens with zero attached hydrogens (tertiary/aromatic N) is 6. The minimum Gasteiger partial charge on any atom is -0.244 e. The van der Waals surface area contributed by atoms with Crippen LogP contribution in [0.25, 0.3) is 11.4 Å². The van der Waals surface area contributed by atoms with Gasteiger partial charge in [-0.3, -0.25) is 0 Å². The molecule has 0 spiro atoms. The van der Waals surface area contributed by atoms with Gasteiger partial charge in [0.25, 0.3) is 0 Å². The predicted octanol–water partition coefficient (Wildman–Crippen LogP) is 0.637. The molecule has 2 rings (SSSR count). The molecule has 0 radical (unpaired) electrons. The summed E-state index contributed by atoms with van der Waals surface area (Å²) in [7, 11) is 0. The Morgan fingerprint density at radius 2 is 2.31 bits per heavy atom. The van der Waals surface area contributed by atoms with Gasteiger partial charge in [0.2, 0.25) is 0 Å². The van der Waals surface area contributed by atoms with E-state index in [4.69, 9.17) is 0 Å². The van der Waals surface area contributed by atoms with Gasteiger partial charge in [-0.1, -0.05) is 0 Å². The number of aryl methyl sites for hydroxylation is 1. The van der Waals surface area contributed by atoms with Crippen LogP contribution in [0.3, 0.4) is 0 Å². The van der Waals surface area contributed by atoms with Crippen molar-refractivity contribution in [2.24, 2.45) is 0 Å². The second kappa shape index (κ2) is 3.32. The summed E-state index contributed by atoms with van der Waals surface area (Å²) in [5, 5.41) is 11.1. The first-order valence-corrected chi connectivity index (χ1v) is 4.47. The Kier molecular flexibility index (Phi) is 2.17. The monoisotopic (exact) mass is 288 g/mol. The molecule has 0 amide bonds. The zero-order valence-corrected chi connectivity index (χ0v) is 8.87. The van der Waals surface area contributed by atoms with Crippen LogP contribution in [0.4, 0.5) is 0 Å². The molecule has 0 saturated heterocycles. The van der Waals surface area contributed by atoms with Crippen LogP contribution in [-0.4, -0.2) is 28.4 Å². The van der Waals surface area contributed by atoms with E-state index < -0.39 is 0 Å². The molecule has 0 aliphatic heterocycles. The molecular weight excluding hydrogens is 283 g/mol. The predicted molar refractivity (Wildman–Crippen MR) is 53.0 cm³/mol. The van der Waals surface area contributed by atoms with Crippen LogP contribution >= 0.6 is 22.9 Å². The lowest BCUT2D eigenvalue weighted by Gasteiger charge is -1.98. The highest BCUT2D eigenvalue weighted by Crippen LogP contribution is 2.17. The maximum Gasteiger partial charge on any atom is 0.195 e. The van der Waals surface area contributed by atoms with Gasteiger partial charge in [-0.15, -0.1) is 5.10 Å². The van der Waals surface area contributed by atoms with Crippen molar-refractivity contribution < 1.29 is 0 Å². The van der Waals surface area contributed by atoms with Gasteiger partial charge in [0.05, 0.1) is 34.1 Å². The van der Waals surface area contributed by atoms with E-state index >= 15 is 0 Å². The van der Waals surface area contributed by atoms with Crippen molar-refractivity contribution in [1.29, 1.82) is 0 Å². The molecular formula is C6H5IN6. The van der Waals surface area contributed by atoms with Gasteiger partial charge >= 0.3 is 0 Å². The summed E-state index contributed by atoms with van der Waals surface area (Å²) in [6, 6.07) is 0. The first kappa shape index (κ1) is 8.48. The quantitative estimate of drug-likeness (QED) is 0.720. The summed E-state index contributed by atoms with van der Waals surface area (Å²) in [5.41, 5.74) is 1.71. The number of rotatable bonds is 1. The molecule has 0 aliphatic rings. The van der Waals surface area contributed by atoms with E-state index in [1.807, 2.05) is 29.8 Å². The number of hydrogen-bond acceptors (Lipinski definition) is 5. The van der Waals surface area contributed by atoms with Crippen molar-refractivity contribution >= 4 is 22.9 Å². The second-order valence-corrected chi connectivity index (χ2v) is 3.30. The number of hydrogen-bond donors (Lipinski definition) is 0. The Morgan fingerprint density at radius 1 is 1.46 bits per heavy atom. The third-order valence-corrected chi connectivity index (χ3v) is 2.24. The van der Waals surface area contributed by atoms with Crippen molar-refractivity contribution in [3.63, 3.8) is 0 Å². The maximum atomic E-state index is 4.05. The fourth-order valence-electron chi connectivity index (χ4n) is 0.940. The van der Waals surface area contributed by atoms with Crippen LogP contribution in [0.1, 0.15) is 5.69 Å². The van der Waals surface area contributed by atoms with Gasteiger partial charge in [0.15, 0.2) is 5.82 Å². The van der Waals surface area contributed by atoms with E-state index in [1.165, 1.54) is 6.33 Å². The van der Waals surface area contributed by atoms with Crippen LogP contribution in [0, 0.1) is 6.92 Å². The van der Waals surface area contributed by atoms with Crippen LogP contribution in [0.5, 0.6) is 0 Å². The highest BCUT2D eigenvalue weighted by atomic mass is 127. The third kappa shape index (κ3) is 1.50. The van der Waals surface area contributed by atoms with Crippen LogP contribution in [0.15, 0.2) is 12.5 Å². The van der Waals surface area contributed by atoms with Gasteiger partial charge in [-0.05, 0) is 17.4 Å². The zero-order valence-electron chi connectivity index (χ0n) is 6.72. The van der Waals surface area contributed by atoms with Crippen molar-refractivity contribution in [2.45, 2.75) is 6.92 Å². The van der Waals surface area contributed by atoms with Crippen LogP contribution < -0.4 is 0 Å². The minimum atomic E-state index is 0.665. The molecule has 2 heterocycles. The van der Waals surface area contributed by atoms with Gasteiger partial charge in [0, 0.05) is 6.20 Å². The summed E-state index contributed by atoms with van der Waals surface area (Å²) in [6.45, 7) is 1.89. The van der Waals surface area contributed by atoms with E-state index in [0.717, 1.165) is 11.3 Å². The largest absolute Gasteiger partial charge is 0.244 e. The molecule has 0 N–H and O–H groups in total. The normalized spacial score (nSPS) is 10.3.